The number of nitrogens with zero attached hydrogens (tertiary/aromatic N) is 3. The zero-order valence-electron chi connectivity index (χ0n) is 10.2. The van der Waals surface area contributed by atoms with Crippen LogP contribution in [0.4, 0.5) is 0 Å². The maximum absolute atomic E-state index is 5.70. The Balaban J connectivity index is 1.67. The number of rotatable bonds is 4. The van der Waals surface area contributed by atoms with Crippen molar-refractivity contribution in [1.82, 2.24) is 20.6 Å². The molecule has 1 aromatic heterocycles. The molecule has 0 fully saturated rings. The fourth-order valence-electron chi connectivity index (χ4n) is 1.73. The van der Waals surface area contributed by atoms with Gasteiger partial charge in [0.05, 0.1) is 0 Å². The highest BCUT2D eigenvalue weighted by molar-refractivity contribution is 5.54. The van der Waals surface area contributed by atoms with Crippen LogP contribution >= 0.6 is 0 Å². The van der Waals surface area contributed by atoms with E-state index in [0.717, 1.165) is 16.9 Å². The second kappa shape index (κ2) is 5.30. The van der Waals surface area contributed by atoms with Crippen molar-refractivity contribution in [3.8, 4) is 17.1 Å². The summed E-state index contributed by atoms with van der Waals surface area (Å²) in [7, 11) is 0. The lowest BCUT2D eigenvalue weighted by molar-refractivity contribution is 0.306. The van der Waals surface area contributed by atoms with E-state index < -0.39 is 0 Å². The lowest BCUT2D eigenvalue weighted by Crippen LogP contribution is -1.94. The lowest BCUT2D eigenvalue weighted by atomic mass is 10.2. The normalized spacial score (nSPS) is 10.3. The summed E-state index contributed by atoms with van der Waals surface area (Å²) in [5, 5.41) is 13.8. The van der Waals surface area contributed by atoms with Crippen LogP contribution in [0.25, 0.3) is 11.4 Å². The van der Waals surface area contributed by atoms with Gasteiger partial charge in [0.25, 0.3) is 0 Å². The SMILES string of the molecule is c1ccc(COc2ccc(-c3nn[nH]n3)cc2)cc1. The Bertz CT molecular complexity index is 620. The van der Waals surface area contributed by atoms with Crippen molar-refractivity contribution < 1.29 is 4.74 Å². The third-order valence-electron chi connectivity index (χ3n) is 2.71. The van der Waals surface area contributed by atoms with Crippen molar-refractivity contribution in [2.45, 2.75) is 6.61 Å². The highest BCUT2D eigenvalue weighted by Gasteiger charge is 2.02. The van der Waals surface area contributed by atoms with Crippen LogP contribution in [-0.2, 0) is 6.61 Å². The zero-order chi connectivity index (χ0) is 12.9. The number of nitrogens with one attached hydrogen (secondary N) is 1. The zero-order valence-corrected chi connectivity index (χ0v) is 10.2. The first-order chi connectivity index (χ1) is 9.42. The van der Waals surface area contributed by atoms with E-state index in [4.69, 9.17) is 4.74 Å². The van der Waals surface area contributed by atoms with Crippen molar-refractivity contribution in [1.29, 1.82) is 0 Å². The van der Waals surface area contributed by atoms with E-state index in [2.05, 4.69) is 20.6 Å². The molecule has 0 aliphatic rings. The molecule has 3 aromatic rings. The average Bonchev–Trinajstić information content (AvgIpc) is 3.01. The van der Waals surface area contributed by atoms with E-state index in [0.29, 0.717) is 12.4 Å². The van der Waals surface area contributed by atoms with Crippen molar-refractivity contribution in [3.63, 3.8) is 0 Å². The molecule has 0 saturated heterocycles. The molecule has 3 rings (SSSR count). The third-order valence-corrected chi connectivity index (χ3v) is 2.71. The molecule has 1 heterocycles. The number of H-pyrrole nitrogens is 1. The van der Waals surface area contributed by atoms with Gasteiger partial charge >= 0.3 is 0 Å². The molecule has 5 nitrogen and oxygen atoms in total. The Kier molecular flexibility index (Phi) is 3.18. The van der Waals surface area contributed by atoms with Gasteiger partial charge in [0, 0.05) is 5.56 Å². The topological polar surface area (TPSA) is 63.7 Å². The van der Waals surface area contributed by atoms with Gasteiger partial charge in [-0.05, 0) is 35.0 Å². The quantitative estimate of drug-likeness (QED) is 0.774. The summed E-state index contributed by atoms with van der Waals surface area (Å²) in [5.74, 6) is 1.39. The van der Waals surface area contributed by atoms with Crippen LogP contribution in [0.2, 0.25) is 0 Å². The van der Waals surface area contributed by atoms with Gasteiger partial charge in [-0.25, -0.2) is 0 Å². The predicted molar refractivity (Wildman–Crippen MR) is 70.4 cm³/mol. The fraction of sp³-hybridized carbons (Fsp3) is 0.0714. The Labute approximate surface area is 110 Å². The average molecular weight is 252 g/mol. The summed E-state index contributed by atoms with van der Waals surface area (Å²) in [6, 6.07) is 17.7. The molecule has 2 aromatic carbocycles. The molecular weight excluding hydrogens is 240 g/mol. The number of ether oxygens (including phenoxy) is 1. The molecule has 0 aliphatic carbocycles. The number of tetrazole rings is 1. The number of aromatic nitrogens is 4. The van der Waals surface area contributed by atoms with Crippen LogP contribution in [0, 0.1) is 0 Å². The van der Waals surface area contributed by atoms with Crippen molar-refractivity contribution in [2.75, 3.05) is 0 Å². The van der Waals surface area contributed by atoms with Crippen LogP contribution in [-0.4, -0.2) is 20.6 Å². The second-order valence-corrected chi connectivity index (χ2v) is 4.03. The fourth-order valence-corrected chi connectivity index (χ4v) is 1.73. The summed E-state index contributed by atoms with van der Waals surface area (Å²) in [4.78, 5) is 0. The monoisotopic (exact) mass is 252 g/mol. The minimum absolute atomic E-state index is 0.558. The minimum Gasteiger partial charge on any atom is -0.489 e. The number of benzene rings is 2. The van der Waals surface area contributed by atoms with Gasteiger partial charge in [0.15, 0.2) is 0 Å². The molecule has 0 bridgehead atoms. The summed E-state index contributed by atoms with van der Waals surface area (Å²) < 4.78 is 5.70. The molecule has 0 amide bonds. The highest BCUT2D eigenvalue weighted by atomic mass is 16.5. The van der Waals surface area contributed by atoms with E-state index in [1.165, 1.54) is 0 Å². The third kappa shape index (κ3) is 2.77. The van der Waals surface area contributed by atoms with E-state index in [1.54, 1.807) is 0 Å². The Morgan fingerprint density at radius 3 is 2.42 bits per heavy atom. The van der Waals surface area contributed by atoms with E-state index in [1.807, 2.05) is 54.6 Å². The molecular formula is C14H12N4O. The Morgan fingerprint density at radius 1 is 0.947 bits per heavy atom. The summed E-state index contributed by atoms with van der Waals surface area (Å²) >= 11 is 0. The number of aromatic amines is 1. The van der Waals surface area contributed by atoms with Gasteiger partial charge in [0.2, 0.25) is 5.82 Å². The molecule has 0 aliphatic heterocycles. The van der Waals surface area contributed by atoms with E-state index in [9.17, 15) is 0 Å². The van der Waals surface area contributed by atoms with Gasteiger partial charge < -0.3 is 4.74 Å². The minimum atomic E-state index is 0.558. The van der Waals surface area contributed by atoms with Crippen LogP contribution in [0.15, 0.2) is 54.6 Å². The summed E-state index contributed by atoms with van der Waals surface area (Å²) in [6.07, 6.45) is 0. The van der Waals surface area contributed by atoms with E-state index in [-0.39, 0.29) is 0 Å². The molecule has 1 N–H and O–H groups in total. The van der Waals surface area contributed by atoms with Gasteiger partial charge in [-0.2, -0.15) is 5.21 Å². The first-order valence-electron chi connectivity index (χ1n) is 5.92. The largest absolute Gasteiger partial charge is 0.489 e. The Morgan fingerprint density at radius 2 is 1.74 bits per heavy atom. The molecule has 94 valence electrons. The second-order valence-electron chi connectivity index (χ2n) is 4.03. The molecule has 0 unspecified atom stereocenters. The molecule has 0 spiro atoms. The number of hydrogen-bond donors (Lipinski definition) is 1. The van der Waals surface area contributed by atoms with Crippen LogP contribution in [0.1, 0.15) is 5.56 Å². The standard InChI is InChI=1S/C14H12N4O/c1-2-4-11(5-3-1)10-19-13-8-6-12(7-9-13)14-15-17-18-16-14/h1-9H,10H2,(H,15,16,17,18). The summed E-state index contributed by atoms with van der Waals surface area (Å²) in [5.41, 5.74) is 2.05. The van der Waals surface area contributed by atoms with Crippen molar-refractivity contribution in [3.05, 3.63) is 60.2 Å². The maximum Gasteiger partial charge on any atom is 0.204 e. The molecule has 19 heavy (non-hydrogen) atoms. The van der Waals surface area contributed by atoms with Crippen LogP contribution in [0.5, 0.6) is 5.75 Å². The molecule has 5 heteroatoms. The smallest absolute Gasteiger partial charge is 0.204 e. The maximum atomic E-state index is 5.70. The highest BCUT2D eigenvalue weighted by Crippen LogP contribution is 2.19. The van der Waals surface area contributed by atoms with Gasteiger partial charge in [0.1, 0.15) is 12.4 Å². The Hall–Kier alpha value is -2.69. The van der Waals surface area contributed by atoms with Crippen LogP contribution < -0.4 is 4.74 Å². The van der Waals surface area contributed by atoms with Crippen molar-refractivity contribution >= 4 is 0 Å². The molecule has 0 atom stereocenters. The van der Waals surface area contributed by atoms with Crippen molar-refractivity contribution in [2.24, 2.45) is 0 Å². The first-order valence-corrected chi connectivity index (χ1v) is 5.92. The predicted octanol–water partition coefficient (Wildman–Crippen LogP) is 2.45. The van der Waals surface area contributed by atoms with Gasteiger partial charge in [-0.1, -0.05) is 30.3 Å². The summed E-state index contributed by atoms with van der Waals surface area (Å²) in [6.45, 7) is 0.558. The number of hydrogen-bond acceptors (Lipinski definition) is 4. The van der Waals surface area contributed by atoms with E-state index >= 15 is 0 Å². The van der Waals surface area contributed by atoms with Crippen LogP contribution in [0.3, 0.4) is 0 Å². The van der Waals surface area contributed by atoms with Gasteiger partial charge in [-0.3, -0.25) is 0 Å². The van der Waals surface area contributed by atoms with Gasteiger partial charge in [-0.15, -0.1) is 10.2 Å². The lowest BCUT2D eigenvalue weighted by Gasteiger charge is -2.06. The molecule has 0 radical (unpaired) electrons. The first kappa shape index (κ1) is 11.4. The molecule has 0 saturated carbocycles.